The maximum atomic E-state index is 5.42. The quantitative estimate of drug-likeness (QED) is 0.507. The molecule has 0 aromatic heterocycles. The van der Waals surface area contributed by atoms with Gasteiger partial charge in [0.2, 0.25) is 0 Å². The van der Waals surface area contributed by atoms with Crippen LogP contribution in [0.1, 0.15) is 5.56 Å². The average molecular weight is 113 g/mol. The van der Waals surface area contributed by atoms with Crippen molar-refractivity contribution in [2.75, 3.05) is 0 Å². The van der Waals surface area contributed by atoms with Crippen LogP contribution in [0.15, 0.2) is 24.3 Å². The van der Waals surface area contributed by atoms with Crippen molar-refractivity contribution < 1.29 is 0 Å². The normalized spacial score (nSPS) is 9.67. The summed E-state index contributed by atoms with van der Waals surface area (Å²) < 4.78 is 1.28. The van der Waals surface area contributed by atoms with E-state index < -0.39 is 0 Å². The van der Waals surface area contributed by atoms with Gasteiger partial charge in [-0.2, -0.15) is 0 Å². The van der Waals surface area contributed by atoms with Crippen molar-refractivity contribution in [2.45, 2.75) is 6.54 Å². The Morgan fingerprint density at radius 2 is 2.22 bits per heavy atom. The van der Waals surface area contributed by atoms with Crippen molar-refractivity contribution in [1.82, 2.24) is 0 Å². The van der Waals surface area contributed by atoms with Crippen LogP contribution < -0.4 is 9.97 Å². The standard InChI is InChI=1S/C7H8N.Li/c8-6-7-4-2-1-3-5-7;/h1-2,4-5H,6,8H2;. The van der Waals surface area contributed by atoms with Gasteiger partial charge in [0.15, 0.2) is 0 Å². The molecule has 0 amide bonds. The van der Waals surface area contributed by atoms with Crippen LogP contribution >= 0.6 is 0 Å². The molecule has 0 saturated carbocycles. The Morgan fingerprint density at radius 1 is 1.44 bits per heavy atom. The average Bonchev–Trinajstić information content (AvgIpc) is 1.88. The van der Waals surface area contributed by atoms with E-state index in [9.17, 15) is 0 Å². The zero-order chi connectivity index (χ0) is 6.69. The van der Waals surface area contributed by atoms with Gasteiger partial charge in [-0.25, -0.2) is 0 Å². The van der Waals surface area contributed by atoms with Gasteiger partial charge in [0, 0.05) is 0 Å². The van der Waals surface area contributed by atoms with Crippen LogP contribution in [-0.4, -0.2) is 17.7 Å². The third-order valence-electron chi connectivity index (χ3n) is 1.32. The summed E-state index contributed by atoms with van der Waals surface area (Å²) in [6.07, 6.45) is 0. The Bertz CT molecular complexity index is 198. The molecule has 1 aromatic carbocycles. The van der Waals surface area contributed by atoms with Crippen LogP contribution in [0.5, 0.6) is 0 Å². The molecule has 9 heavy (non-hydrogen) atoms. The number of rotatable bonds is 1. The Morgan fingerprint density at radius 3 is 2.67 bits per heavy atom. The van der Waals surface area contributed by atoms with E-state index in [2.05, 4.69) is 29.8 Å². The third-order valence-corrected chi connectivity index (χ3v) is 1.32. The fourth-order valence-electron chi connectivity index (χ4n) is 0.839. The molecule has 0 bridgehead atoms. The van der Waals surface area contributed by atoms with E-state index in [0.29, 0.717) is 6.54 Å². The fourth-order valence-corrected chi connectivity index (χ4v) is 0.839. The molecule has 2 N–H and O–H groups in total. The van der Waals surface area contributed by atoms with Crippen molar-refractivity contribution in [3.8, 4) is 0 Å². The second kappa shape index (κ2) is 3.08. The molecule has 0 saturated heterocycles. The van der Waals surface area contributed by atoms with Crippen LogP contribution in [0, 0.1) is 0 Å². The molecule has 0 atom stereocenters. The first-order valence-electron chi connectivity index (χ1n) is 3.08. The predicted molar refractivity (Wildman–Crippen MR) is 39.7 cm³/mol. The summed E-state index contributed by atoms with van der Waals surface area (Å²) in [5.41, 5.74) is 6.62. The first-order valence-corrected chi connectivity index (χ1v) is 3.08. The molecule has 42 valence electrons. The van der Waals surface area contributed by atoms with Crippen LogP contribution in [0.25, 0.3) is 0 Å². The number of hydrogen-bond donors (Lipinski definition) is 1. The second-order valence-electron chi connectivity index (χ2n) is 2.19. The van der Waals surface area contributed by atoms with Crippen molar-refractivity contribution in [3.63, 3.8) is 0 Å². The Labute approximate surface area is 64.5 Å². The molecular formula is C7H8LiN. The molecule has 1 nitrogen and oxygen atoms in total. The predicted octanol–water partition coefficient (Wildman–Crippen LogP) is -0.0609. The first-order chi connectivity index (χ1) is 4.33. The Hall–Kier alpha value is -0.223. The van der Waals surface area contributed by atoms with Gasteiger partial charge in [-0.3, -0.25) is 0 Å². The van der Waals surface area contributed by atoms with E-state index in [-0.39, 0.29) is 0 Å². The number of benzene rings is 1. The van der Waals surface area contributed by atoms with Gasteiger partial charge < -0.3 is 0 Å². The van der Waals surface area contributed by atoms with Gasteiger partial charge in [-0.05, 0) is 0 Å². The topological polar surface area (TPSA) is 26.0 Å². The van der Waals surface area contributed by atoms with E-state index in [0.717, 1.165) is 0 Å². The monoisotopic (exact) mass is 113 g/mol. The van der Waals surface area contributed by atoms with Crippen molar-refractivity contribution in [2.24, 2.45) is 5.73 Å². The maximum absolute atomic E-state index is 5.42. The molecule has 0 heterocycles. The molecule has 0 aliphatic heterocycles. The van der Waals surface area contributed by atoms with Crippen LogP contribution in [0.3, 0.4) is 0 Å². The summed E-state index contributed by atoms with van der Waals surface area (Å²) in [6, 6.07) is 8.23. The summed E-state index contributed by atoms with van der Waals surface area (Å²) >= 11 is 2.07. The SMILES string of the molecule is [Li][c]1cccc(CN)c1. The van der Waals surface area contributed by atoms with Gasteiger partial charge in [0.05, 0.1) is 0 Å². The molecular weight excluding hydrogens is 105 g/mol. The summed E-state index contributed by atoms with van der Waals surface area (Å²) in [5.74, 6) is 0. The fraction of sp³-hybridized carbons (Fsp3) is 0.143. The van der Waals surface area contributed by atoms with E-state index in [1.807, 2.05) is 12.1 Å². The van der Waals surface area contributed by atoms with Crippen LogP contribution in [0.2, 0.25) is 0 Å². The van der Waals surface area contributed by atoms with E-state index in [1.165, 1.54) is 9.80 Å². The number of nitrogens with two attached hydrogens (primary N) is 1. The third kappa shape index (κ3) is 1.87. The Kier molecular flexibility index (Phi) is 2.36. The van der Waals surface area contributed by atoms with Crippen molar-refractivity contribution in [1.29, 1.82) is 0 Å². The summed E-state index contributed by atoms with van der Waals surface area (Å²) in [4.78, 5) is 0. The second-order valence-corrected chi connectivity index (χ2v) is 2.19. The van der Waals surface area contributed by atoms with E-state index in [4.69, 9.17) is 5.73 Å². The minimum atomic E-state index is 0.641. The molecule has 1 rings (SSSR count). The molecule has 0 aliphatic rings. The minimum absolute atomic E-state index is 0.641. The van der Waals surface area contributed by atoms with Gasteiger partial charge in [0.1, 0.15) is 0 Å². The molecule has 1 aromatic rings. The first kappa shape index (κ1) is 6.89. The van der Waals surface area contributed by atoms with E-state index >= 15 is 0 Å². The summed E-state index contributed by atoms with van der Waals surface area (Å²) in [6.45, 7) is 0.641. The molecule has 0 fully saturated rings. The zero-order valence-corrected chi connectivity index (χ0v) is 5.59. The van der Waals surface area contributed by atoms with Crippen LogP contribution in [-0.2, 0) is 6.54 Å². The molecule has 2 heteroatoms. The Balaban J connectivity index is 2.94. The summed E-state index contributed by atoms with van der Waals surface area (Å²) in [7, 11) is 0. The summed E-state index contributed by atoms with van der Waals surface area (Å²) in [5, 5.41) is 0. The molecule has 0 spiro atoms. The van der Waals surface area contributed by atoms with Crippen molar-refractivity contribution >= 4 is 22.0 Å². The van der Waals surface area contributed by atoms with Crippen LogP contribution in [0.4, 0.5) is 0 Å². The zero-order valence-electron chi connectivity index (χ0n) is 5.59. The molecule has 0 unspecified atom stereocenters. The van der Waals surface area contributed by atoms with Gasteiger partial charge >= 0.3 is 64.1 Å². The van der Waals surface area contributed by atoms with E-state index in [1.54, 1.807) is 0 Å². The van der Waals surface area contributed by atoms with Gasteiger partial charge in [0.25, 0.3) is 0 Å². The number of hydrogen-bond acceptors (Lipinski definition) is 1. The van der Waals surface area contributed by atoms with Gasteiger partial charge in [-0.1, -0.05) is 0 Å². The van der Waals surface area contributed by atoms with Crippen molar-refractivity contribution in [3.05, 3.63) is 29.8 Å². The molecule has 0 aliphatic carbocycles. The van der Waals surface area contributed by atoms with Gasteiger partial charge in [-0.15, -0.1) is 0 Å². The molecule has 0 radical (unpaired) electrons.